The number of halogens is 2. The Bertz CT molecular complexity index is 718. The van der Waals surface area contributed by atoms with Gasteiger partial charge in [0, 0.05) is 17.8 Å². The van der Waals surface area contributed by atoms with Crippen LogP contribution < -0.4 is 10.2 Å². The standard InChI is InChI=1S/C17H16F2N2O/c1-11-8-12-4-2-3-5-16(12)21(11)10-17(22)20-15-9-13(18)6-7-14(15)19/h2-7,9,11H,8,10H2,1H3,(H,20,22)/t11-/m1/s1. The van der Waals surface area contributed by atoms with Crippen molar-refractivity contribution in [2.75, 3.05) is 16.8 Å². The number of anilines is 2. The van der Waals surface area contributed by atoms with Gasteiger partial charge < -0.3 is 10.2 Å². The van der Waals surface area contributed by atoms with Crippen molar-refractivity contribution in [3.05, 3.63) is 59.7 Å². The lowest BCUT2D eigenvalue weighted by molar-refractivity contribution is -0.115. The van der Waals surface area contributed by atoms with Gasteiger partial charge in [0.05, 0.1) is 12.2 Å². The van der Waals surface area contributed by atoms with E-state index in [1.807, 2.05) is 36.1 Å². The highest BCUT2D eigenvalue weighted by Crippen LogP contribution is 2.31. The zero-order valence-electron chi connectivity index (χ0n) is 12.1. The van der Waals surface area contributed by atoms with Crippen molar-refractivity contribution in [1.82, 2.24) is 0 Å². The normalized spacial score (nSPS) is 16.5. The van der Waals surface area contributed by atoms with Crippen LogP contribution in [0.15, 0.2) is 42.5 Å². The molecule has 1 amide bonds. The van der Waals surface area contributed by atoms with Crippen LogP contribution in [0.4, 0.5) is 20.2 Å². The second kappa shape index (κ2) is 5.75. The van der Waals surface area contributed by atoms with Gasteiger partial charge in [-0.3, -0.25) is 4.79 Å². The van der Waals surface area contributed by atoms with Crippen LogP contribution in [0.3, 0.4) is 0 Å². The molecular formula is C17H16F2N2O. The summed E-state index contributed by atoms with van der Waals surface area (Å²) in [5.74, 6) is -1.60. The Morgan fingerprint density at radius 3 is 2.86 bits per heavy atom. The van der Waals surface area contributed by atoms with Crippen molar-refractivity contribution in [1.29, 1.82) is 0 Å². The molecule has 0 aliphatic carbocycles. The SMILES string of the molecule is C[C@@H]1Cc2ccccc2N1CC(=O)Nc1cc(F)ccc1F. The molecule has 2 aromatic rings. The van der Waals surface area contributed by atoms with Gasteiger partial charge in [-0.2, -0.15) is 0 Å². The number of rotatable bonds is 3. The topological polar surface area (TPSA) is 32.3 Å². The Morgan fingerprint density at radius 2 is 2.05 bits per heavy atom. The van der Waals surface area contributed by atoms with E-state index in [2.05, 4.69) is 5.32 Å². The number of nitrogens with zero attached hydrogens (tertiary/aromatic N) is 1. The summed E-state index contributed by atoms with van der Waals surface area (Å²) in [7, 11) is 0. The van der Waals surface area contributed by atoms with Crippen molar-refractivity contribution >= 4 is 17.3 Å². The lowest BCUT2D eigenvalue weighted by atomic mass is 10.1. The second-order valence-corrected chi connectivity index (χ2v) is 5.48. The first-order chi connectivity index (χ1) is 10.5. The molecule has 0 aromatic heterocycles. The third-order valence-electron chi connectivity index (χ3n) is 3.86. The third-order valence-corrected chi connectivity index (χ3v) is 3.86. The minimum Gasteiger partial charge on any atom is -0.359 e. The van der Waals surface area contributed by atoms with Crippen molar-refractivity contribution in [2.24, 2.45) is 0 Å². The van der Waals surface area contributed by atoms with Crippen LogP contribution >= 0.6 is 0 Å². The van der Waals surface area contributed by atoms with Gasteiger partial charge in [0.1, 0.15) is 11.6 Å². The van der Waals surface area contributed by atoms with Crippen LogP contribution in [0.25, 0.3) is 0 Å². The van der Waals surface area contributed by atoms with E-state index in [1.165, 1.54) is 5.56 Å². The Morgan fingerprint density at radius 1 is 1.27 bits per heavy atom. The van der Waals surface area contributed by atoms with Gasteiger partial charge in [-0.15, -0.1) is 0 Å². The molecule has 2 aromatic carbocycles. The highest BCUT2D eigenvalue weighted by Gasteiger charge is 2.27. The van der Waals surface area contributed by atoms with Gasteiger partial charge in [0.15, 0.2) is 0 Å². The van der Waals surface area contributed by atoms with Crippen LogP contribution in [0, 0.1) is 11.6 Å². The molecule has 0 spiro atoms. The number of benzene rings is 2. The second-order valence-electron chi connectivity index (χ2n) is 5.48. The highest BCUT2D eigenvalue weighted by atomic mass is 19.1. The van der Waals surface area contributed by atoms with Crippen LogP contribution in [0.2, 0.25) is 0 Å². The summed E-state index contributed by atoms with van der Waals surface area (Å²) in [6.07, 6.45) is 0.873. The zero-order chi connectivity index (χ0) is 15.7. The van der Waals surface area contributed by atoms with E-state index in [-0.39, 0.29) is 24.2 Å². The molecule has 1 aliphatic rings. The summed E-state index contributed by atoms with van der Waals surface area (Å²) in [6.45, 7) is 2.14. The fraction of sp³-hybridized carbons (Fsp3) is 0.235. The third kappa shape index (κ3) is 2.79. The number of nitrogens with one attached hydrogen (secondary N) is 1. The Balaban J connectivity index is 1.73. The van der Waals surface area contributed by atoms with E-state index in [0.717, 1.165) is 30.3 Å². The summed E-state index contributed by atoms with van der Waals surface area (Å²) >= 11 is 0. The molecule has 1 atom stereocenters. The first-order valence-electron chi connectivity index (χ1n) is 7.14. The molecule has 3 rings (SSSR count). The average molecular weight is 302 g/mol. The lowest BCUT2D eigenvalue weighted by Gasteiger charge is -2.24. The van der Waals surface area contributed by atoms with E-state index in [0.29, 0.717) is 0 Å². The molecule has 0 radical (unpaired) electrons. The first kappa shape index (κ1) is 14.5. The van der Waals surface area contributed by atoms with Gasteiger partial charge in [-0.1, -0.05) is 18.2 Å². The number of amides is 1. The summed E-state index contributed by atoms with van der Waals surface area (Å²) in [5, 5.41) is 2.43. The fourth-order valence-electron chi connectivity index (χ4n) is 2.81. The molecule has 1 aliphatic heterocycles. The Labute approximate surface area is 127 Å². The first-order valence-corrected chi connectivity index (χ1v) is 7.14. The number of hydrogen-bond acceptors (Lipinski definition) is 2. The maximum absolute atomic E-state index is 13.6. The van der Waals surface area contributed by atoms with Crippen molar-refractivity contribution in [3.8, 4) is 0 Å². The smallest absolute Gasteiger partial charge is 0.243 e. The summed E-state index contributed by atoms with van der Waals surface area (Å²) in [4.78, 5) is 14.1. The van der Waals surface area contributed by atoms with Crippen LogP contribution in [-0.2, 0) is 11.2 Å². The molecule has 1 N–H and O–H groups in total. The summed E-state index contributed by atoms with van der Waals surface area (Å²) in [5.41, 5.74) is 2.08. The lowest BCUT2D eigenvalue weighted by Crippen LogP contribution is -2.37. The largest absolute Gasteiger partial charge is 0.359 e. The van der Waals surface area contributed by atoms with Gasteiger partial charge in [-0.25, -0.2) is 8.78 Å². The monoisotopic (exact) mass is 302 g/mol. The number of carbonyl (C=O) groups is 1. The van der Waals surface area contributed by atoms with Crippen LogP contribution in [0.1, 0.15) is 12.5 Å². The number of hydrogen-bond donors (Lipinski definition) is 1. The van der Waals surface area contributed by atoms with E-state index < -0.39 is 11.6 Å². The van der Waals surface area contributed by atoms with Crippen molar-refractivity contribution < 1.29 is 13.6 Å². The predicted molar refractivity (Wildman–Crippen MR) is 81.9 cm³/mol. The molecule has 5 heteroatoms. The summed E-state index contributed by atoms with van der Waals surface area (Å²) < 4.78 is 26.7. The maximum atomic E-state index is 13.6. The Hall–Kier alpha value is -2.43. The summed E-state index contributed by atoms with van der Waals surface area (Å²) in [6, 6.07) is 11.1. The molecule has 22 heavy (non-hydrogen) atoms. The van der Waals surface area contributed by atoms with Crippen LogP contribution in [-0.4, -0.2) is 18.5 Å². The maximum Gasteiger partial charge on any atom is 0.243 e. The predicted octanol–water partition coefficient (Wildman–Crippen LogP) is 3.35. The van der Waals surface area contributed by atoms with Gasteiger partial charge in [0.25, 0.3) is 0 Å². The molecular weight excluding hydrogens is 286 g/mol. The zero-order valence-corrected chi connectivity index (χ0v) is 12.1. The van der Waals surface area contributed by atoms with E-state index >= 15 is 0 Å². The van der Waals surface area contributed by atoms with Gasteiger partial charge in [0.2, 0.25) is 5.91 Å². The molecule has 3 nitrogen and oxygen atoms in total. The molecule has 0 fully saturated rings. The molecule has 0 bridgehead atoms. The number of para-hydroxylation sites is 1. The number of fused-ring (bicyclic) bond motifs is 1. The molecule has 114 valence electrons. The highest BCUT2D eigenvalue weighted by molar-refractivity contribution is 5.94. The average Bonchev–Trinajstić information content (AvgIpc) is 2.79. The van der Waals surface area contributed by atoms with E-state index in [1.54, 1.807) is 0 Å². The molecule has 0 unspecified atom stereocenters. The van der Waals surface area contributed by atoms with E-state index in [4.69, 9.17) is 0 Å². The van der Waals surface area contributed by atoms with Gasteiger partial charge in [-0.05, 0) is 37.1 Å². The quantitative estimate of drug-likeness (QED) is 0.943. The minimum absolute atomic E-state index is 0.105. The molecule has 0 saturated heterocycles. The Kier molecular flexibility index (Phi) is 3.79. The van der Waals surface area contributed by atoms with Crippen molar-refractivity contribution in [3.63, 3.8) is 0 Å². The van der Waals surface area contributed by atoms with Crippen LogP contribution in [0.5, 0.6) is 0 Å². The number of carbonyl (C=O) groups excluding carboxylic acids is 1. The van der Waals surface area contributed by atoms with E-state index in [9.17, 15) is 13.6 Å². The van der Waals surface area contributed by atoms with Crippen molar-refractivity contribution in [2.45, 2.75) is 19.4 Å². The molecule has 1 heterocycles. The van der Waals surface area contributed by atoms with Gasteiger partial charge >= 0.3 is 0 Å². The molecule has 0 saturated carbocycles. The fourth-order valence-corrected chi connectivity index (χ4v) is 2.81. The minimum atomic E-state index is -0.648.